The smallest absolute Gasteiger partial charge is 0.258 e. The number of halogens is 1. The van der Waals surface area contributed by atoms with Gasteiger partial charge in [-0.25, -0.2) is 0 Å². The molecule has 0 bridgehead atoms. The molecule has 6 heteroatoms. The molecule has 0 aromatic carbocycles. The lowest BCUT2D eigenvalue weighted by Gasteiger charge is -2.31. The molecule has 19 heavy (non-hydrogen) atoms. The van der Waals surface area contributed by atoms with Gasteiger partial charge >= 0.3 is 0 Å². The molecular weight excluding hydrogens is 312 g/mol. The molecule has 0 atom stereocenters. The van der Waals surface area contributed by atoms with Gasteiger partial charge in [-0.05, 0) is 40.8 Å². The van der Waals surface area contributed by atoms with E-state index in [9.17, 15) is 9.59 Å². The summed E-state index contributed by atoms with van der Waals surface area (Å²) >= 11 is 3.22. The van der Waals surface area contributed by atoms with Crippen molar-refractivity contribution in [1.82, 2.24) is 10.2 Å². The molecular formula is C13H17BrN2O3. The zero-order valence-electron chi connectivity index (χ0n) is 10.8. The number of rotatable bonds is 3. The second-order valence-corrected chi connectivity index (χ2v) is 5.50. The van der Waals surface area contributed by atoms with Gasteiger partial charge in [0.05, 0.1) is 11.8 Å². The van der Waals surface area contributed by atoms with E-state index in [1.807, 2.05) is 4.90 Å². The molecule has 2 amide bonds. The standard InChI is InChI=1S/C13H17BrN2O3/c1-9(17)15-8-10-2-5-16(6-3-10)13(18)11-4-7-19-12(11)14/h4,7,10H,2-3,5-6,8H2,1H3,(H,15,17). The zero-order valence-corrected chi connectivity index (χ0v) is 12.4. The maximum atomic E-state index is 12.2. The van der Waals surface area contributed by atoms with Crippen LogP contribution in [-0.4, -0.2) is 36.3 Å². The van der Waals surface area contributed by atoms with Crippen molar-refractivity contribution >= 4 is 27.7 Å². The number of hydrogen-bond donors (Lipinski definition) is 1. The average molecular weight is 329 g/mol. The van der Waals surface area contributed by atoms with E-state index in [2.05, 4.69) is 21.2 Å². The van der Waals surface area contributed by atoms with Crippen LogP contribution >= 0.6 is 15.9 Å². The molecule has 1 N–H and O–H groups in total. The Kier molecular flexibility index (Phi) is 4.63. The average Bonchev–Trinajstić information content (AvgIpc) is 2.82. The lowest BCUT2D eigenvalue weighted by molar-refractivity contribution is -0.119. The molecule has 1 aromatic heterocycles. The Morgan fingerprint density at radius 2 is 2.16 bits per heavy atom. The number of furan rings is 1. The molecule has 0 saturated carbocycles. The minimum Gasteiger partial charge on any atom is -0.457 e. The molecule has 1 fully saturated rings. The van der Waals surface area contributed by atoms with E-state index in [1.54, 1.807) is 6.07 Å². The first-order chi connectivity index (χ1) is 9.08. The summed E-state index contributed by atoms with van der Waals surface area (Å²) < 4.78 is 5.57. The van der Waals surface area contributed by atoms with Crippen LogP contribution in [0.1, 0.15) is 30.1 Å². The topological polar surface area (TPSA) is 62.6 Å². The van der Waals surface area contributed by atoms with Gasteiger partial charge in [0.2, 0.25) is 5.91 Å². The summed E-state index contributed by atoms with van der Waals surface area (Å²) in [5.74, 6) is 0.458. The molecule has 1 aliphatic rings. The van der Waals surface area contributed by atoms with E-state index in [0.717, 1.165) is 25.9 Å². The van der Waals surface area contributed by atoms with Gasteiger partial charge in [0.15, 0.2) is 4.67 Å². The molecule has 0 radical (unpaired) electrons. The summed E-state index contributed by atoms with van der Waals surface area (Å²) in [5.41, 5.74) is 0.570. The highest BCUT2D eigenvalue weighted by Crippen LogP contribution is 2.23. The van der Waals surface area contributed by atoms with Crippen LogP contribution in [0, 0.1) is 5.92 Å². The third-order valence-electron chi connectivity index (χ3n) is 3.39. The molecule has 0 spiro atoms. The lowest BCUT2D eigenvalue weighted by Crippen LogP contribution is -2.41. The molecule has 104 valence electrons. The summed E-state index contributed by atoms with van der Waals surface area (Å²) in [5, 5.41) is 2.83. The molecule has 1 aliphatic heterocycles. The predicted molar refractivity (Wildman–Crippen MR) is 73.7 cm³/mol. The second kappa shape index (κ2) is 6.23. The Hall–Kier alpha value is -1.30. The summed E-state index contributed by atoms with van der Waals surface area (Å²) in [6.45, 7) is 3.67. The van der Waals surface area contributed by atoms with Crippen LogP contribution in [0.2, 0.25) is 0 Å². The Balaban J connectivity index is 1.85. The lowest BCUT2D eigenvalue weighted by atomic mass is 9.96. The van der Waals surface area contributed by atoms with E-state index in [1.165, 1.54) is 13.2 Å². The SMILES string of the molecule is CC(=O)NCC1CCN(C(=O)c2ccoc2Br)CC1. The summed E-state index contributed by atoms with van der Waals surface area (Å²) in [4.78, 5) is 24.9. The Morgan fingerprint density at radius 3 is 2.68 bits per heavy atom. The fraction of sp³-hybridized carbons (Fsp3) is 0.538. The van der Waals surface area contributed by atoms with E-state index >= 15 is 0 Å². The molecule has 0 aliphatic carbocycles. The first-order valence-electron chi connectivity index (χ1n) is 6.34. The number of carbonyl (C=O) groups excluding carboxylic acids is 2. The monoisotopic (exact) mass is 328 g/mol. The number of nitrogens with one attached hydrogen (secondary N) is 1. The van der Waals surface area contributed by atoms with Crippen LogP contribution in [0.25, 0.3) is 0 Å². The first kappa shape index (κ1) is 14.1. The highest BCUT2D eigenvalue weighted by atomic mass is 79.9. The van der Waals surface area contributed by atoms with Crippen molar-refractivity contribution in [1.29, 1.82) is 0 Å². The fourth-order valence-electron chi connectivity index (χ4n) is 2.24. The Labute approximate surface area is 120 Å². The Morgan fingerprint density at radius 1 is 1.47 bits per heavy atom. The minimum atomic E-state index is -0.00129. The second-order valence-electron chi connectivity index (χ2n) is 4.78. The quantitative estimate of drug-likeness (QED) is 0.923. The minimum absolute atomic E-state index is 0.000772. The van der Waals surface area contributed by atoms with E-state index in [4.69, 9.17) is 4.42 Å². The summed E-state index contributed by atoms with van der Waals surface area (Å²) in [6.07, 6.45) is 3.34. The van der Waals surface area contributed by atoms with Gasteiger partial charge in [-0.15, -0.1) is 0 Å². The number of amides is 2. The van der Waals surface area contributed by atoms with E-state index in [0.29, 0.717) is 22.7 Å². The third-order valence-corrected chi connectivity index (χ3v) is 4.00. The van der Waals surface area contributed by atoms with Gasteiger partial charge in [0.25, 0.3) is 5.91 Å². The number of piperidine rings is 1. The number of likely N-dealkylation sites (tertiary alicyclic amines) is 1. The van der Waals surface area contributed by atoms with Crippen LogP contribution in [0.15, 0.2) is 21.4 Å². The van der Waals surface area contributed by atoms with Gasteiger partial charge in [-0.1, -0.05) is 0 Å². The highest BCUT2D eigenvalue weighted by Gasteiger charge is 2.25. The van der Waals surface area contributed by atoms with Crippen LogP contribution < -0.4 is 5.32 Å². The highest BCUT2D eigenvalue weighted by molar-refractivity contribution is 9.10. The fourth-order valence-corrected chi connectivity index (χ4v) is 2.65. The van der Waals surface area contributed by atoms with Crippen molar-refractivity contribution in [3.05, 3.63) is 22.6 Å². The maximum Gasteiger partial charge on any atom is 0.258 e. The van der Waals surface area contributed by atoms with Gasteiger partial charge in [0.1, 0.15) is 0 Å². The number of hydrogen-bond acceptors (Lipinski definition) is 3. The summed E-state index contributed by atoms with van der Waals surface area (Å²) in [7, 11) is 0. The van der Waals surface area contributed by atoms with E-state index < -0.39 is 0 Å². The summed E-state index contributed by atoms with van der Waals surface area (Å²) in [6, 6.07) is 1.68. The molecule has 0 unspecified atom stereocenters. The van der Waals surface area contributed by atoms with Crippen molar-refractivity contribution in [2.45, 2.75) is 19.8 Å². The van der Waals surface area contributed by atoms with Crippen LogP contribution in [0.4, 0.5) is 0 Å². The molecule has 1 saturated heterocycles. The van der Waals surface area contributed by atoms with Gasteiger partial charge < -0.3 is 14.6 Å². The normalized spacial score (nSPS) is 16.4. The number of carbonyl (C=O) groups is 2. The molecule has 5 nitrogen and oxygen atoms in total. The number of nitrogens with zero attached hydrogens (tertiary/aromatic N) is 1. The van der Waals surface area contributed by atoms with Crippen molar-refractivity contribution < 1.29 is 14.0 Å². The molecule has 2 rings (SSSR count). The van der Waals surface area contributed by atoms with Crippen molar-refractivity contribution in [2.75, 3.05) is 19.6 Å². The van der Waals surface area contributed by atoms with Gasteiger partial charge in [0, 0.05) is 26.6 Å². The largest absolute Gasteiger partial charge is 0.457 e. The maximum absolute atomic E-state index is 12.2. The van der Waals surface area contributed by atoms with Crippen molar-refractivity contribution in [3.63, 3.8) is 0 Å². The molecule has 1 aromatic rings. The predicted octanol–water partition coefficient (Wildman–Crippen LogP) is 2.03. The van der Waals surface area contributed by atoms with Crippen molar-refractivity contribution in [2.24, 2.45) is 5.92 Å². The van der Waals surface area contributed by atoms with Gasteiger partial charge in [-0.3, -0.25) is 9.59 Å². The molecule has 2 heterocycles. The van der Waals surface area contributed by atoms with Crippen LogP contribution in [0.5, 0.6) is 0 Å². The zero-order chi connectivity index (χ0) is 13.8. The first-order valence-corrected chi connectivity index (χ1v) is 7.14. The van der Waals surface area contributed by atoms with E-state index in [-0.39, 0.29) is 11.8 Å². The van der Waals surface area contributed by atoms with Crippen LogP contribution in [0.3, 0.4) is 0 Å². The van der Waals surface area contributed by atoms with Crippen LogP contribution in [-0.2, 0) is 4.79 Å². The van der Waals surface area contributed by atoms with Crippen molar-refractivity contribution in [3.8, 4) is 0 Å². The van der Waals surface area contributed by atoms with Gasteiger partial charge in [-0.2, -0.15) is 0 Å². The third kappa shape index (κ3) is 3.59. The Bertz CT molecular complexity index is 464.